The lowest BCUT2D eigenvalue weighted by atomic mass is 10.1. The fraction of sp³-hybridized carbons (Fsp3) is 0.200. The number of halogens is 4. The zero-order chi connectivity index (χ0) is 21.1. The second-order valence-electron chi connectivity index (χ2n) is 6.39. The molecule has 2 aromatic carbocycles. The second-order valence-corrected chi connectivity index (χ2v) is 6.39. The van der Waals surface area contributed by atoms with E-state index in [2.05, 4.69) is 0 Å². The molecule has 1 aromatic heterocycles. The number of hydrogen-bond donors (Lipinski definition) is 1. The SMILES string of the molecule is O=c1cc(O)n(C[C@H](F)c2cccc(F)c2)c(=O)n1C[C@H](F)c1cccc(F)c1. The maximum Gasteiger partial charge on any atom is 0.333 e. The summed E-state index contributed by atoms with van der Waals surface area (Å²) in [5, 5.41) is 9.90. The van der Waals surface area contributed by atoms with Crippen molar-refractivity contribution in [2.24, 2.45) is 0 Å². The number of aromatic hydroxyl groups is 1. The monoisotopic (exact) mass is 408 g/mol. The first-order valence-electron chi connectivity index (χ1n) is 8.59. The summed E-state index contributed by atoms with van der Waals surface area (Å²) in [6, 6.07) is 9.90. The second kappa shape index (κ2) is 8.34. The third kappa shape index (κ3) is 4.56. The maximum atomic E-state index is 14.5. The molecular weight excluding hydrogens is 392 g/mol. The molecule has 0 fully saturated rings. The van der Waals surface area contributed by atoms with E-state index in [0.29, 0.717) is 15.2 Å². The van der Waals surface area contributed by atoms with Crippen LogP contribution in [0.3, 0.4) is 0 Å². The number of hydrogen-bond acceptors (Lipinski definition) is 3. The lowest BCUT2D eigenvalue weighted by molar-refractivity contribution is 0.261. The minimum Gasteiger partial charge on any atom is -0.494 e. The Morgan fingerprint density at radius 2 is 1.28 bits per heavy atom. The summed E-state index contributed by atoms with van der Waals surface area (Å²) in [6.45, 7) is -1.47. The first-order chi connectivity index (χ1) is 13.8. The van der Waals surface area contributed by atoms with E-state index in [0.717, 1.165) is 24.3 Å². The van der Waals surface area contributed by atoms with E-state index in [1.54, 1.807) is 0 Å². The topological polar surface area (TPSA) is 64.2 Å². The molecular formula is C20H16F4N2O3. The summed E-state index contributed by atoms with van der Waals surface area (Å²) in [7, 11) is 0. The molecule has 0 aliphatic carbocycles. The molecule has 0 aliphatic rings. The summed E-state index contributed by atoms with van der Waals surface area (Å²) in [6.07, 6.45) is -3.76. The Morgan fingerprint density at radius 1 is 0.793 bits per heavy atom. The van der Waals surface area contributed by atoms with Gasteiger partial charge in [0.2, 0.25) is 5.88 Å². The molecule has 1 N–H and O–H groups in total. The van der Waals surface area contributed by atoms with Gasteiger partial charge >= 0.3 is 5.69 Å². The van der Waals surface area contributed by atoms with Crippen LogP contribution in [0.5, 0.6) is 5.88 Å². The lowest BCUT2D eigenvalue weighted by Crippen LogP contribution is -2.40. The van der Waals surface area contributed by atoms with Crippen LogP contribution < -0.4 is 11.2 Å². The van der Waals surface area contributed by atoms with Crippen LogP contribution in [-0.4, -0.2) is 14.2 Å². The molecule has 0 unspecified atom stereocenters. The molecule has 152 valence electrons. The summed E-state index contributed by atoms with van der Waals surface area (Å²) in [5.74, 6) is -2.17. The van der Waals surface area contributed by atoms with Crippen molar-refractivity contribution in [2.75, 3.05) is 0 Å². The summed E-state index contributed by atoms with van der Waals surface area (Å²) in [5.41, 5.74) is -2.30. The van der Waals surface area contributed by atoms with Crippen molar-refractivity contribution in [2.45, 2.75) is 25.4 Å². The van der Waals surface area contributed by atoms with Crippen LogP contribution in [0.1, 0.15) is 23.5 Å². The summed E-state index contributed by atoms with van der Waals surface area (Å²) in [4.78, 5) is 24.6. The number of nitrogens with zero attached hydrogens (tertiary/aromatic N) is 2. The zero-order valence-electron chi connectivity index (χ0n) is 14.9. The highest BCUT2D eigenvalue weighted by molar-refractivity contribution is 5.20. The molecule has 2 atom stereocenters. The predicted octanol–water partition coefficient (Wildman–Crippen LogP) is 3.42. The van der Waals surface area contributed by atoms with Crippen molar-refractivity contribution in [3.63, 3.8) is 0 Å². The molecule has 0 saturated heterocycles. The van der Waals surface area contributed by atoms with Crippen LogP contribution >= 0.6 is 0 Å². The number of alkyl halides is 2. The number of aromatic nitrogens is 2. The van der Waals surface area contributed by atoms with Gasteiger partial charge in [0, 0.05) is 0 Å². The number of benzene rings is 2. The van der Waals surface area contributed by atoms with E-state index >= 15 is 0 Å². The van der Waals surface area contributed by atoms with E-state index < -0.39 is 54.2 Å². The molecule has 0 saturated carbocycles. The van der Waals surface area contributed by atoms with Crippen LogP contribution in [0.4, 0.5) is 17.6 Å². The summed E-state index contributed by atoms with van der Waals surface area (Å²) >= 11 is 0. The van der Waals surface area contributed by atoms with Crippen molar-refractivity contribution in [1.29, 1.82) is 0 Å². The maximum absolute atomic E-state index is 14.5. The van der Waals surface area contributed by atoms with Crippen molar-refractivity contribution in [3.8, 4) is 5.88 Å². The van der Waals surface area contributed by atoms with E-state index in [-0.39, 0.29) is 11.1 Å². The van der Waals surface area contributed by atoms with Crippen LogP contribution in [0.2, 0.25) is 0 Å². The third-order valence-corrected chi connectivity index (χ3v) is 4.36. The Morgan fingerprint density at radius 3 is 1.76 bits per heavy atom. The highest BCUT2D eigenvalue weighted by Crippen LogP contribution is 2.22. The molecule has 0 spiro atoms. The standard InChI is InChI=1S/C20H16F4N2O3/c21-14-5-1-3-12(7-14)16(23)10-25-18(27)9-19(28)26(20(25)29)11-17(24)13-4-2-6-15(22)8-13/h1-9,16-17,27H,10-11H2/t16-,17-/m0/s1. The van der Waals surface area contributed by atoms with Gasteiger partial charge in [0.1, 0.15) is 24.0 Å². The smallest absolute Gasteiger partial charge is 0.333 e. The molecule has 5 nitrogen and oxygen atoms in total. The van der Waals surface area contributed by atoms with Crippen LogP contribution in [0.25, 0.3) is 0 Å². The Hall–Kier alpha value is -3.36. The quantitative estimate of drug-likeness (QED) is 0.636. The van der Waals surface area contributed by atoms with Gasteiger partial charge in [-0.25, -0.2) is 22.4 Å². The van der Waals surface area contributed by atoms with Gasteiger partial charge in [-0.2, -0.15) is 0 Å². The highest BCUT2D eigenvalue weighted by Gasteiger charge is 2.20. The average molecular weight is 408 g/mol. The Balaban J connectivity index is 1.92. The minimum atomic E-state index is -1.89. The van der Waals surface area contributed by atoms with Crippen LogP contribution in [-0.2, 0) is 13.1 Å². The number of rotatable bonds is 6. The highest BCUT2D eigenvalue weighted by atomic mass is 19.1. The Bertz CT molecular complexity index is 1140. The molecule has 0 aliphatic heterocycles. The van der Waals surface area contributed by atoms with Crippen LogP contribution in [0.15, 0.2) is 64.2 Å². The molecule has 3 aromatic rings. The van der Waals surface area contributed by atoms with Gasteiger partial charge in [-0.3, -0.25) is 13.9 Å². The lowest BCUT2D eigenvalue weighted by Gasteiger charge is -2.16. The van der Waals surface area contributed by atoms with E-state index in [9.17, 15) is 32.3 Å². The van der Waals surface area contributed by atoms with Gasteiger partial charge in [-0.05, 0) is 35.4 Å². The summed E-state index contributed by atoms with van der Waals surface area (Å²) < 4.78 is 56.6. The Kier molecular flexibility index (Phi) is 5.86. The van der Waals surface area contributed by atoms with Gasteiger partial charge in [0.15, 0.2) is 0 Å². The van der Waals surface area contributed by atoms with Crippen molar-refractivity contribution < 1.29 is 22.7 Å². The van der Waals surface area contributed by atoms with Crippen molar-refractivity contribution in [3.05, 3.63) is 98.2 Å². The minimum absolute atomic E-state index is 0.0721. The van der Waals surface area contributed by atoms with Gasteiger partial charge in [-0.15, -0.1) is 0 Å². The molecule has 9 heteroatoms. The van der Waals surface area contributed by atoms with E-state index in [4.69, 9.17) is 0 Å². The zero-order valence-corrected chi connectivity index (χ0v) is 14.9. The Labute approximate surface area is 162 Å². The largest absolute Gasteiger partial charge is 0.494 e. The van der Waals surface area contributed by atoms with Crippen molar-refractivity contribution in [1.82, 2.24) is 9.13 Å². The fourth-order valence-corrected chi connectivity index (χ4v) is 2.88. The first-order valence-corrected chi connectivity index (χ1v) is 8.59. The van der Waals surface area contributed by atoms with Gasteiger partial charge in [0.05, 0.1) is 19.2 Å². The molecule has 0 amide bonds. The van der Waals surface area contributed by atoms with Gasteiger partial charge < -0.3 is 5.11 Å². The van der Waals surface area contributed by atoms with Gasteiger partial charge in [0.25, 0.3) is 5.56 Å². The third-order valence-electron chi connectivity index (χ3n) is 4.36. The fourth-order valence-electron chi connectivity index (χ4n) is 2.88. The molecule has 0 bridgehead atoms. The van der Waals surface area contributed by atoms with E-state index in [1.807, 2.05) is 0 Å². The first kappa shape index (κ1) is 20.4. The predicted molar refractivity (Wildman–Crippen MR) is 97.1 cm³/mol. The molecule has 0 radical (unpaired) electrons. The molecule has 1 heterocycles. The average Bonchev–Trinajstić information content (AvgIpc) is 2.68. The van der Waals surface area contributed by atoms with Crippen molar-refractivity contribution >= 4 is 0 Å². The molecule has 3 rings (SSSR count). The molecule has 29 heavy (non-hydrogen) atoms. The van der Waals surface area contributed by atoms with Gasteiger partial charge in [-0.1, -0.05) is 24.3 Å². The van der Waals surface area contributed by atoms with E-state index in [1.165, 1.54) is 24.3 Å². The normalized spacial score (nSPS) is 13.2. The van der Waals surface area contributed by atoms with Crippen LogP contribution in [0, 0.1) is 11.6 Å².